The van der Waals surface area contributed by atoms with Gasteiger partial charge in [-0.1, -0.05) is 57.2 Å². The average Bonchev–Trinajstić information content (AvgIpc) is 2.90. The van der Waals surface area contributed by atoms with Gasteiger partial charge in [0, 0.05) is 31.9 Å². The molecule has 0 atom stereocenters. The summed E-state index contributed by atoms with van der Waals surface area (Å²) in [5.41, 5.74) is 3.17. The first-order valence-corrected chi connectivity index (χ1v) is 9.94. The topological polar surface area (TPSA) is 6.48 Å². The molecule has 0 N–H and O–H groups in total. The first-order valence-electron chi connectivity index (χ1n) is 9.94. The number of para-hydroxylation sites is 1. The monoisotopic (exact) mass is 350 g/mol. The summed E-state index contributed by atoms with van der Waals surface area (Å²) in [6.07, 6.45) is 11.2. The van der Waals surface area contributed by atoms with Crippen LogP contribution in [0.1, 0.15) is 69.8 Å². The molecule has 2 nitrogen and oxygen atoms in total. The zero-order valence-corrected chi connectivity index (χ0v) is 16.2. The highest BCUT2D eigenvalue weighted by molar-refractivity contribution is 5.85. The number of piperazine rings is 1. The van der Waals surface area contributed by atoms with Gasteiger partial charge in [-0.3, -0.25) is 4.90 Å². The Morgan fingerprint density at radius 1 is 0.917 bits per heavy atom. The van der Waals surface area contributed by atoms with Crippen LogP contribution in [-0.4, -0.2) is 37.6 Å². The standard InChI is InChI=1S/C21H34N2.ClH/c1-2-3-14-22-15-17-23(18-16-22)21-13-9-8-12-20(21)19-10-6-4-5-7-11-19;/h8-9,12-13,19H,2-7,10-11,14-18H2,1H3;1H. The number of rotatable bonds is 5. The van der Waals surface area contributed by atoms with Crippen LogP contribution in [0, 0.1) is 0 Å². The van der Waals surface area contributed by atoms with Gasteiger partial charge in [-0.05, 0) is 43.4 Å². The molecule has 1 aliphatic carbocycles. The van der Waals surface area contributed by atoms with E-state index in [4.69, 9.17) is 0 Å². The molecule has 0 amide bonds. The fraction of sp³-hybridized carbons (Fsp3) is 0.714. The molecule has 2 aliphatic rings. The Morgan fingerprint density at radius 2 is 1.58 bits per heavy atom. The molecular weight excluding hydrogens is 316 g/mol. The molecule has 1 saturated heterocycles. The lowest BCUT2D eigenvalue weighted by Crippen LogP contribution is -2.47. The second kappa shape index (κ2) is 10.3. The quantitative estimate of drug-likeness (QED) is 0.650. The van der Waals surface area contributed by atoms with Crippen molar-refractivity contribution in [3.05, 3.63) is 29.8 Å². The van der Waals surface area contributed by atoms with E-state index in [0.29, 0.717) is 0 Å². The lowest BCUT2D eigenvalue weighted by atomic mass is 9.90. The van der Waals surface area contributed by atoms with Crippen LogP contribution in [-0.2, 0) is 0 Å². The van der Waals surface area contributed by atoms with E-state index in [-0.39, 0.29) is 12.4 Å². The van der Waals surface area contributed by atoms with E-state index in [9.17, 15) is 0 Å². The fourth-order valence-corrected chi connectivity index (χ4v) is 4.31. The third-order valence-electron chi connectivity index (χ3n) is 5.77. The van der Waals surface area contributed by atoms with E-state index in [1.54, 1.807) is 5.56 Å². The Kier molecular flexibility index (Phi) is 8.41. The van der Waals surface area contributed by atoms with Gasteiger partial charge in [0.2, 0.25) is 0 Å². The van der Waals surface area contributed by atoms with Crippen molar-refractivity contribution >= 4 is 18.1 Å². The van der Waals surface area contributed by atoms with Gasteiger partial charge in [0.05, 0.1) is 0 Å². The number of nitrogens with zero attached hydrogens (tertiary/aromatic N) is 2. The zero-order chi connectivity index (χ0) is 15.9. The number of hydrogen-bond acceptors (Lipinski definition) is 2. The van der Waals surface area contributed by atoms with E-state index < -0.39 is 0 Å². The first-order chi connectivity index (χ1) is 11.4. The maximum Gasteiger partial charge on any atom is 0.0402 e. The molecule has 1 saturated carbocycles. The molecule has 1 aromatic rings. The van der Waals surface area contributed by atoms with E-state index in [2.05, 4.69) is 41.0 Å². The summed E-state index contributed by atoms with van der Waals surface area (Å²) in [6.45, 7) is 8.45. The fourth-order valence-electron chi connectivity index (χ4n) is 4.31. The van der Waals surface area contributed by atoms with Crippen molar-refractivity contribution in [3.63, 3.8) is 0 Å². The summed E-state index contributed by atoms with van der Waals surface area (Å²) in [7, 11) is 0. The van der Waals surface area contributed by atoms with Crippen LogP contribution in [0.4, 0.5) is 5.69 Å². The van der Waals surface area contributed by atoms with Gasteiger partial charge < -0.3 is 4.90 Å². The van der Waals surface area contributed by atoms with Crippen LogP contribution in [0.2, 0.25) is 0 Å². The Labute approximate surface area is 155 Å². The molecular formula is C21H35ClN2. The van der Waals surface area contributed by atoms with Gasteiger partial charge in [0.25, 0.3) is 0 Å². The molecule has 0 unspecified atom stereocenters. The van der Waals surface area contributed by atoms with Crippen molar-refractivity contribution < 1.29 is 0 Å². The summed E-state index contributed by atoms with van der Waals surface area (Å²) in [5.74, 6) is 0.798. The van der Waals surface area contributed by atoms with E-state index >= 15 is 0 Å². The lowest BCUT2D eigenvalue weighted by molar-refractivity contribution is 0.254. The Bertz CT molecular complexity index is 461. The lowest BCUT2D eigenvalue weighted by Gasteiger charge is -2.38. The Morgan fingerprint density at radius 3 is 2.25 bits per heavy atom. The summed E-state index contributed by atoms with van der Waals surface area (Å²) >= 11 is 0. The molecule has 136 valence electrons. The molecule has 0 aromatic heterocycles. The maximum absolute atomic E-state index is 2.66. The van der Waals surface area contributed by atoms with Crippen molar-refractivity contribution in [1.82, 2.24) is 4.90 Å². The summed E-state index contributed by atoms with van der Waals surface area (Å²) < 4.78 is 0. The van der Waals surface area contributed by atoms with Gasteiger partial charge in [-0.15, -0.1) is 12.4 Å². The Balaban J connectivity index is 0.00000208. The number of benzene rings is 1. The SMILES string of the molecule is CCCCN1CCN(c2ccccc2C2CCCCCC2)CC1.Cl. The van der Waals surface area contributed by atoms with Gasteiger partial charge in [0.1, 0.15) is 0 Å². The van der Waals surface area contributed by atoms with Crippen molar-refractivity contribution in [1.29, 1.82) is 0 Å². The molecule has 3 rings (SSSR count). The van der Waals surface area contributed by atoms with Gasteiger partial charge in [-0.2, -0.15) is 0 Å². The highest BCUT2D eigenvalue weighted by Gasteiger charge is 2.22. The number of unbranched alkanes of at least 4 members (excludes halogenated alkanes) is 1. The molecule has 0 bridgehead atoms. The average molecular weight is 351 g/mol. The predicted molar refractivity (Wildman–Crippen MR) is 108 cm³/mol. The van der Waals surface area contributed by atoms with E-state index in [1.165, 1.54) is 89.8 Å². The van der Waals surface area contributed by atoms with Crippen LogP contribution in [0.5, 0.6) is 0 Å². The zero-order valence-electron chi connectivity index (χ0n) is 15.4. The summed E-state index contributed by atoms with van der Waals surface area (Å²) in [5, 5.41) is 0. The molecule has 1 aliphatic heterocycles. The largest absolute Gasteiger partial charge is 0.369 e. The second-order valence-electron chi connectivity index (χ2n) is 7.43. The van der Waals surface area contributed by atoms with Crippen molar-refractivity contribution in [2.24, 2.45) is 0 Å². The van der Waals surface area contributed by atoms with Crippen LogP contribution < -0.4 is 4.90 Å². The smallest absolute Gasteiger partial charge is 0.0402 e. The maximum atomic E-state index is 2.66. The molecule has 1 aromatic carbocycles. The van der Waals surface area contributed by atoms with Crippen LogP contribution >= 0.6 is 12.4 Å². The van der Waals surface area contributed by atoms with Crippen LogP contribution in [0.25, 0.3) is 0 Å². The minimum Gasteiger partial charge on any atom is -0.369 e. The molecule has 0 spiro atoms. The van der Waals surface area contributed by atoms with Crippen LogP contribution in [0.15, 0.2) is 24.3 Å². The van der Waals surface area contributed by atoms with Crippen molar-refractivity contribution in [2.45, 2.75) is 64.2 Å². The highest BCUT2D eigenvalue weighted by atomic mass is 35.5. The number of hydrogen-bond donors (Lipinski definition) is 0. The van der Waals surface area contributed by atoms with E-state index in [0.717, 1.165) is 5.92 Å². The van der Waals surface area contributed by atoms with Crippen LogP contribution in [0.3, 0.4) is 0 Å². The normalized spacial score (nSPS) is 20.5. The van der Waals surface area contributed by atoms with Gasteiger partial charge >= 0.3 is 0 Å². The first kappa shape index (κ1) is 19.6. The molecule has 24 heavy (non-hydrogen) atoms. The Hall–Kier alpha value is -0.730. The highest BCUT2D eigenvalue weighted by Crippen LogP contribution is 2.37. The number of anilines is 1. The minimum absolute atomic E-state index is 0. The van der Waals surface area contributed by atoms with Gasteiger partial charge in [0.15, 0.2) is 0 Å². The molecule has 3 heteroatoms. The summed E-state index contributed by atoms with van der Waals surface area (Å²) in [6, 6.07) is 9.27. The molecule has 0 radical (unpaired) electrons. The predicted octanol–water partition coefficient (Wildman–Crippen LogP) is 5.47. The third kappa shape index (κ3) is 5.13. The van der Waals surface area contributed by atoms with E-state index in [1.807, 2.05) is 0 Å². The van der Waals surface area contributed by atoms with Gasteiger partial charge in [-0.25, -0.2) is 0 Å². The summed E-state index contributed by atoms with van der Waals surface area (Å²) in [4.78, 5) is 5.30. The van der Waals surface area contributed by atoms with Crippen molar-refractivity contribution in [2.75, 3.05) is 37.6 Å². The number of halogens is 1. The molecule has 2 fully saturated rings. The molecule has 1 heterocycles. The second-order valence-corrected chi connectivity index (χ2v) is 7.43. The van der Waals surface area contributed by atoms with Crippen molar-refractivity contribution in [3.8, 4) is 0 Å². The minimum atomic E-state index is 0. The third-order valence-corrected chi connectivity index (χ3v) is 5.77.